The Labute approximate surface area is 70.5 Å². The molecule has 0 radical (unpaired) electrons. The van der Waals surface area contributed by atoms with E-state index in [1.165, 1.54) is 15.1 Å². The summed E-state index contributed by atoms with van der Waals surface area (Å²) in [6.07, 6.45) is 0. The molecule has 0 amide bonds. The average molecular weight is 219 g/mol. The summed E-state index contributed by atoms with van der Waals surface area (Å²) in [5, 5.41) is 0. The van der Waals surface area contributed by atoms with E-state index in [-0.39, 0.29) is 0 Å². The zero-order valence-electron chi connectivity index (χ0n) is 5.93. The van der Waals surface area contributed by atoms with Crippen LogP contribution in [0.2, 0.25) is 0 Å². The SMILES string of the molecule is Cc1[se]c(C)c2c1OCS2. The van der Waals surface area contributed by atoms with Crippen LogP contribution in [0.25, 0.3) is 0 Å². The van der Waals surface area contributed by atoms with Crippen molar-refractivity contribution >= 4 is 26.3 Å². The van der Waals surface area contributed by atoms with E-state index in [2.05, 4.69) is 13.8 Å². The molecule has 1 aliphatic heterocycles. The van der Waals surface area contributed by atoms with Gasteiger partial charge in [0.05, 0.1) is 0 Å². The van der Waals surface area contributed by atoms with E-state index in [0.717, 1.165) is 5.94 Å². The summed E-state index contributed by atoms with van der Waals surface area (Å²) >= 11 is 2.44. The minimum atomic E-state index is 0.595. The first kappa shape index (κ1) is 6.83. The van der Waals surface area contributed by atoms with E-state index in [4.69, 9.17) is 4.74 Å². The third-order valence-corrected chi connectivity index (χ3v) is 4.97. The Kier molecular flexibility index (Phi) is 1.59. The monoisotopic (exact) mass is 220 g/mol. The molecule has 0 aromatic carbocycles. The van der Waals surface area contributed by atoms with Gasteiger partial charge < -0.3 is 0 Å². The van der Waals surface area contributed by atoms with Crippen molar-refractivity contribution in [1.82, 2.24) is 0 Å². The van der Waals surface area contributed by atoms with E-state index >= 15 is 0 Å². The zero-order valence-corrected chi connectivity index (χ0v) is 8.46. The van der Waals surface area contributed by atoms with Gasteiger partial charge in [0.2, 0.25) is 0 Å². The Morgan fingerprint density at radius 2 is 2.20 bits per heavy atom. The van der Waals surface area contributed by atoms with Crippen molar-refractivity contribution in [2.45, 2.75) is 18.7 Å². The summed E-state index contributed by atoms with van der Waals surface area (Å²) in [6, 6.07) is 0. The molecule has 0 saturated carbocycles. The number of hydrogen-bond donors (Lipinski definition) is 0. The average Bonchev–Trinajstić information content (AvgIpc) is 2.39. The molecule has 0 N–H and O–H groups in total. The maximum atomic E-state index is 5.46. The molecular formula is C7H8OSSe. The molecule has 1 aromatic rings. The van der Waals surface area contributed by atoms with Crippen molar-refractivity contribution in [2.24, 2.45) is 0 Å². The van der Waals surface area contributed by atoms with Crippen molar-refractivity contribution in [1.29, 1.82) is 0 Å². The molecule has 0 unspecified atom stereocenters. The number of fused-ring (bicyclic) bond motifs is 1. The van der Waals surface area contributed by atoms with Gasteiger partial charge in [0.25, 0.3) is 0 Å². The van der Waals surface area contributed by atoms with Gasteiger partial charge in [-0.3, -0.25) is 0 Å². The van der Waals surface area contributed by atoms with Crippen molar-refractivity contribution < 1.29 is 4.74 Å². The Balaban J connectivity index is 2.61. The first-order valence-electron chi connectivity index (χ1n) is 3.14. The number of rotatable bonds is 0. The Morgan fingerprint density at radius 1 is 1.40 bits per heavy atom. The molecule has 1 nitrogen and oxygen atoms in total. The van der Waals surface area contributed by atoms with Gasteiger partial charge in [0, 0.05) is 0 Å². The van der Waals surface area contributed by atoms with Crippen LogP contribution in [0.15, 0.2) is 4.90 Å². The first-order chi connectivity index (χ1) is 4.79. The zero-order chi connectivity index (χ0) is 7.14. The van der Waals surface area contributed by atoms with Gasteiger partial charge in [-0.25, -0.2) is 0 Å². The van der Waals surface area contributed by atoms with Crippen LogP contribution in [0.5, 0.6) is 5.75 Å². The van der Waals surface area contributed by atoms with Crippen LogP contribution in [-0.4, -0.2) is 20.4 Å². The Hall–Kier alpha value is 0.149. The molecular weight excluding hydrogens is 211 g/mol. The molecule has 0 atom stereocenters. The summed E-state index contributed by atoms with van der Waals surface area (Å²) in [6.45, 7) is 4.39. The fourth-order valence-electron chi connectivity index (χ4n) is 1.12. The van der Waals surface area contributed by atoms with E-state index in [0.29, 0.717) is 14.5 Å². The van der Waals surface area contributed by atoms with Crippen LogP contribution in [0, 0.1) is 13.8 Å². The minimum absolute atomic E-state index is 0.595. The molecule has 1 aromatic heterocycles. The molecule has 10 heavy (non-hydrogen) atoms. The molecule has 2 heterocycles. The van der Waals surface area contributed by atoms with E-state index in [1.807, 2.05) is 11.8 Å². The van der Waals surface area contributed by atoms with Crippen LogP contribution in [0.4, 0.5) is 0 Å². The standard InChI is InChI=1S/C7H8OSSe/c1-4-6-7(5(2)10-4)9-3-8-6/h3H2,1-2H3. The summed E-state index contributed by atoms with van der Waals surface area (Å²) in [5.41, 5.74) is 0. The van der Waals surface area contributed by atoms with Crippen LogP contribution in [-0.2, 0) is 0 Å². The maximum absolute atomic E-state index is 5.46. The Morgan fingerprint density at radius 3 is 2.90 bits per heavy atom. The van der Waals surface area contributed by atoms with E-state index in [1.54, 1.807) is 4.44 Å². The molecule has 54 valence electrons. The molecule has 0 aliphatic carbocycles. The Bertz CT molecular complexity index is 242. The normalized spacial score (nSPS) is 15.0. The fraction of sp³-hybridized carbons (Fsp3) is 0.429. The second-order valence-corrected chi connectivity index (χ2v) is 6.21. The first-order valence-corrected chi connectivity index (χ1v) is 5.84. The number of ether oxygens (including phenoxy) is 1. The van der Waals surface area contributed by atoms with Gasteiger partial charge in [-0.1, -0.05) is 0 Å². The molecule has 0 saturated heterocycles. The second kappa shape index (κ2) is 2.33. The van der Waals surface area contributed by atoms with Gasteiger partial charge in [-0.05, 0) is 0 Å². The van der Waals surface area contributed by atoms with E-state index in [9.17, 15) is 0 Å². The second-order valence-electron chi connectivity index (χ2n) is 2.28. The molecule has 0 bridgehead atoms. The van der Waals surface area contributed by atoms with Crippen LogP contribution < -0.4 is 4.74 Å². The quantitative estimate of drug-likeness (QED) is 0.615. The van der Waals surface area contributed by atoms with Crippen LogP contribution in [0.3, 0.4) is 0 Å². The van der Waals surface area contributed by atoms with Crippen LogP contribution >= 0.6 is 11.8 Å². The summed E-state index contributed by atoms with van der Waals surface area (Å²) in [7, 11) is 0. The summed E-state index contributed by atoms with van der Waals surface area (Å²) in [5.74, 6) is 2.03. The van der Waals surface area contributed by atoms with Gasteiger partial charge >= 0.3 is 70.3 Å². The van der Waals surface area contributed by atoms with Crippen molar-refractivity contribution in [3.8, 4) is 5.75 Å². The predicted octanol–water partition coefficient (Wildman–Crippen LogP) is 1.80. The predicted molar refractivity (Wildman–Crippen MR) is 44.2 cm³/mol. The molecule has 1 aliphatic rings. The van der Waals surface area contributed by atoms with Crippen LogP contribution in [0.1, 0.15) is 8.87 Å². The van der Waals surface area contributed by atoms with Gasteiger partial charge in [0.15, 0.2) is 0 Å². The molecule has 0 fully saturated rings. The number of thioether (sulfide) groups is 1. The van der Waals surface area contributed by atoms with Crippen molar-refractivity contribution in [3.63, 3.8) is 0 Å². The van der Waals surface area contributed by atoms with Gasteiger partial charge in [0.1, 0.15) is 0 Å². The molecule has 0 spiro atoms. The topological polar surface area (TPSA) is 9.23 Å². The summed E-state index contributed by atoms with van der Waals surface area (Å²) < 4.78 is 8.47. The van der Waals surface area contributed by atoms with Crippen molar-refractivity contribution in [3.05, 3.63) is 8.87 Å². The van der Waals surface area contributed by atoms with Gasteiger partial charge in [-0.15, -0.1) is 0 Å². The third kappa shape index (κ3) is 0.849. The fourth-order valence-corrected chi connectivity index (χ4v) is 4.58. The third-order valence-electron chi connectivity index (χ3n) is 1.56. The number of aryl methyl sites for hydroxylation is 2. The van der Waals surface area contributed by atoms with E-state index < -0.39 is 0 Å². The molecule has 3 heteroatoms. The summed E-state index contributed by atoms with van der Waals surface area (Å²) in [4.78, 5) is 1.43. The van der Waals surface area contributed by atoms with Gasteiger partial charge in [-0.2, -0.15) is 0 Å². The van der Waals surface area contributed by atoms with Crippen molar-refractivity contribution in [2.75, 3.05) is 5.94 Å². The molecule has 2 rings (SSSR count). The number of hydrogen-bond acceptors (Lipinski definition) is 2.